The third-order valence-electron chi connectivity index (χ3n) is 4.63. The summed E-state index contributed by atoms with van der Waals surface area (Å²) in [6.45, 7) is 1.94. The SMILES string of the molecule is Cn1c(=O)oc2ccc(NC(=O)C3CCCCC3(C)N)cc21. The molecule has 1 aliphatic rings. The molecule has 1 saturated carbocycles. The molecule has 1 fully saturated rings. The molecule has 2 unspecified atom stereocenters. The van der Waals surface area contributed by atoms with Gasteiger partial charge in [0, 0.05) is 18.3 Å². The number of aromatic nitrogens is 1. The third-order valence-corrected chi connectivity index (χ3v) is 4.63. The van der Waals surface area contributed by atoms with E-state index in [-0.39, 0.29) is 11.8 Å². The molecule has 0 spiro atoms. The van der Waals surface area contributed by atoms with Crippen LogP contribution in [0, 0.1) is 5.92 Å². The summed E-state index contributed by atoms with van der Waals surface area (Å²) in [5.41, 5.74) is 7.62. The van der Waals surface area contributed by atoms with E-state index in [2.05, 4.69) is 5.32 Å². The van der Waals surface area contributed by atoms with Crippen molar-refractivity contribution in [1.29, 1.82) is 0 Å². The maximum absolute atomic E-state index is 12.5. The van der Waals surface area contributed by atoms with Crippen LogP contribution in [0.5, 0.6) is 0 Å². The number of rotatable bonds is 2. The first-order chi connectivity index (χ1) is 10.4. The molecule has 6 heteroatoms. The van der Waals surface area contributed by atoms with Crippen LogP contribution in [0.4, 0.5) is 5.69 Å². The Bertz CT molecular complexity index is 773. The molecular weight excluding hydrogens is 282 g/mol. The highest BCUT2D eigenvalue weighted by molar-refractivity contribution is 5.95. The van der Waals surface area contributed by atoms with Crippen LogP contribution in [0.2, 0.25) is 0 Å². The minimum absolute atomic E-state index is 0.0578. The number of fused-ring (bicyclic) bond motifs is 1. The summed E-state index contributed by atoms with van der Waals surface area (Å²) in [4.78, 5) is 24.0. The van der Waals surface area contributed by atoms with Crippen molar-refractivity contribution in [2.45, 2.75) is 38.1 Å². The number of carbonyl (C=O) groups excluding carboxylic acids is 1. The molecule has 2 atom stereocenters. The van der Waals surface area contributed by atoms with Crippen LogP contribution in [0.15, 0.2) is 27.4 Å². The number of carbonyl (C=O) groups is 1. The van der Waals surface area contributed by atoms with Crippen molar-refractivity contribution in [3.8, 4) is 0 Å². The van der Waals surface area contributed by atoms with Gasteiger partial charge in [0.25, 0.3) is 0 Å². The zero-order valence-electron chi connectivity index (χ0n) is 12.9. The van der Waals surface area contributed by atoms with Crippen molar-refractivity contribution in [2.75, 3.05) is 5.32 Å². The maximum atomic E-state index is 12.5. The summed E-state index contributed by atoms with van der Waals surface area (Å²) >= 11 is 0. The summed E-state index contributed by atoms with van der Waals surface area (Å²) in [6, 6.07) is 5.17. The zero-order valence-corrected chi connectivity index (χ0v) is 12.9. The number of nitrogens with one attached hydrogen (secondary N) is 1. The number of hydrogen-bond acceptors (Lipinski definition) is 4. The summed E-state index contributed by atoms with van der Waals surface area (Å²) < 4.78 is 6.50. The summed E-state index contributed by atoms with van der Waals surface area (Å²) in [5, 5.41) is 2.92. The standard InChI is InChI=1S/C16H21N3O3/c1-16(17)8-4-3-5-11(16)14(20)18-10-6-7-13-12(9-10)19(2)15(21)22-13/h6-7,9,11H,3-5,8,17H2,1-2H3,(H,18,20). The Labute approximate surface area is 128 Å². The predicted molar refractivity (Wildman–Crippen MR) is 84.6 cm³/mol. The number of oxazole rings is 1. The Balaban J connectivity index is 1.84. The number of nitrogens with two attached hydrogens (primary N) is 1. The lowest BCUT2D eigenvalue weighted by atomic mass is 9.74. The lowest BCUT2D eigenvalue weighted by Crippen LogP contribution is -2.51. The Morgan fingerprint density at radius 3 is 2.95 bits per heavy atom. The summed E-state index contributed by atoms with van der Waals surface area (Å²) in [5.74, 6) is -0.664. The molecule has 0 radical (unpaired) electrons. The predicted octanol–water partition coefficient (Wildman–Crippen LogP) is 1.98. The quantitative estimate of drug-likeness (QED) is 0.887. The molecule has 6 nitrogen and oxygen atoms in total. The third kappa shape index (κ3) is 2.54. The van der Waals surface area contributed by atoms with E-state index in [0.29, 0.717) is 16.8 Å². The molecule has 1 amide bonds. The highest BCUT2D eigenvalue weighted by atomic mass is 16.4. The minimum atomic E-state index is -0.463. The van der Waals surface area contributed by atoms with Gasteiger partial charge in [-0.05, 0) is 38.0 Å². The van der Waals surface area contributed by atoms with Crippen molar-refractivity contribution in [3.05, 3.63) is 28.7 Å². The fraction of sp³-hybridized carbons (Fsp3) is 0.500. The van der Waals surface area contributed by atoms with Gasteiger partial charge in [-0.1, -0.05) is 12.8 Å². The number of nitrogens with zero attached hydrogens (tertiary/aromatic N) is 1. The average Bonchev–Trinajstić information content (AvgIpc) is 2.74. The van der Waals surface area contributed by atoms with Crippen LogP contribution < -0.4 is 16.8 Å². The van der Waals surface area contributed by atoms with Crippen LogP contribution in [0.25, 0.3) is 11.1 Å². The number of amides is 1. The lowest BCUT2D eigenvalue weighted by Gasteiger charge is -2.37. The average molecular weight is 303 g/mol. The molecule has 0 bridgehead atoms. The minimum Gasteiger partial charge on any atom is -0.408 e. The second-order valence-corrected chi connectivity index (χ2v) is 6.40. The molecule has 1 aromatic carbocycles. The van der Waals surface area contributed by atoms with Gasteiger partial charge in [-0.2, -0.15) is 0 Å². The van der Waals surface area contributed by atoms with Gasteiger partial charge in [-0.15, -0.1) is 0 Å². The Hall–Kier alpha value is -2.08. The molecular formula is C16H21N3O3. The van der Waals surface area contributed by atoms with Gasteiger partial charge in [0.1, 0.15) is 0 Å². The van der Waals surface area contributed by atoms with Gasteiger partial charge in [-0.25, -0.2) is 4.79 Å². The van der Waals surface area contributed by atoms with E-state index >= 15 is 0 Å². The molecule has 3 N–H and O–H groups in total. The Kier molecular flexibility index (Phi) is 3.56. The highest BCUT2D eigenvalue weighted by Gasteiger charge is 2.37. The van der Waals surface area contributed by atoms with Crippen LogP contribution in [0.3, 0.4) is 0 Å². The molecule has 1 heterocycles. The summed E-state index contributed by atoms with van der Waals surface area (Å²) in [7, 11) is 1.64. The van der Waals surface area contributed by atoms with E-state index in [1.165, 1.54) is 4.57 Å². The molecule has 118 valence electrons. The molecule has 3 rings (SSSR count). The lowest BCUT2D eigenvalue weighted by molar-refractivity contribution is -0.122. The number of benzene rings is 1. The molecule has 1 aromatic heterocycles. The van der Waals surface area contributed by atoms with Crippen molar-refractivity contribution >= 4 is 22.7 Å². The molecule has 0 saturated heterocycles. The van der Waals surface area contributed by atoms with Crippen molar-refractivity contribution in [1.82, 2.24) is 4.57 Å². The van der Waals surface area contributed by atoms with E-state index in [1.807, 2.05) is 6.92 Å². The van der Waals surface area contributed by atoms with Crippen LogP contribution in [0.1, 0.15) is 32.6 Å². The first kappa shape index (κ1) is 14.8. The van der Waals surface area contributed by atoms with Crippen LogP contribution in [-0.2, 0) is 11.8 Å². The van der Waals surface area contributed by atoms with Crippen LogP contribution >= 0.6 is 0 Å². The molecule has 2 aromatic rings. The molecule has 0 aliphatic heterocycles. The highest BCUT2D eigenvalue weighted by Crippen LogP contribution is 2.32. The van der Waals surface area contributed by atoms with Gasteiger partial charge in [0.05, 0.1) is 11.4 Å². The Morgan fingerprint density at radius 1 is 1.45 bits per heavy atom. The Morgan fingerprint density at radius 2 is 2.23 bits per heavy atom. The zero-order chi connectivity index (χ0) is 15.9. The topological polar surface area (TPSA) is 90.3 Å². The largest absolute Gasteiger partial charge is 0.419 e. The molecule has 1 aliphatic carbocycles. The van der Waals surface area contributed by atoms with Crippen molar-refractivity contribution < 1.29 is 9.21 Å². The van der Waals surface area contributed by atoms with Gasteiger partial charge in [0.15, 0.2) is 5.58 Å². The smallest absolute Gasteiger partial charge is 0.408 e. The van der Waals surface area contributed by atoms with Crippen molar-refractivity contribution in [3.63, 3.8) is 0 Å². The second-order valence-electron chi connectivity index (χ2n) is 6.40. The van der Waals surface area contributed by atoms with Gasteiger partial charge < -0.3 is 15.5 Å². The van der Waals surface area contributed by atoms with Gasteiger partial charge in [-0.3, -0.25) is 9.36 Å². The fourth-order valence-electron chi connectivity index (χ4n) is 3.22. The van der Waals surface area contributed by atoms with E-state index in [4.69, 9.17) is 10.2 Å². The van der Waals surface area contributed by atoms with Crippen molar-refractivity contribution in [2.24, 2.45) is 18.7 Å². The van der Waals surface area contributed by atoms with Crippen LogP contribution in [-0.4, -0.2) is 16.0 Å². The fourth-order valence-corrected chi connectivity index (χ4v) is 3.22. The summed E-state index contributed by atoms with van der Waals surface area (Å²) in [6.07, 6.45) is 3.77. The monoisotopic (exact) mass is 303 g/mol. The second kappa shape index (κ2) is 5.28. The van der Waals surface area contributed by atoms with E-state index in [1.54, 1.807) is 25.2 Å². The number of aryl methyl sites for hydroxylation is 1. The normalized spacial score (nSPS) is 25.3. The van der Waals surface area contributed by atoms with E-state index in [0.717, 1.165) is 25.7 Å². The number of anilines is 1. The first-order valence-corrected chi connectivity index (χ1v) is 7.58. The van der Waals surface area contributed by atoms with Gasteiger partial charge >= 0.3 is 5.76 Å². The molecule has 22 heavy (non-hydrogen) atoms. The van der Waals surface area contributed by atoms with E-state index < -0.39 is 11.3 Å². The number of hydrogen-bond donors (Lipinski definition) is 2. The maximum Gasteiger partial charge on any atom is 0.419 e. The first-order valence-electron chi connectivity index (χ1n) is 7.58. The van der Waals surface area contributed by atoms with E-state index in [9.17, 15) is 9.59 Å². The van der Waals surface area contributed by atoms with Gasteiger partial charge in [0.2, 0.25) is 5.91 Å².